The molecule has 0 rings (SSSR count). The second kappa shape index (κ2) is 6.17. The lowest BCUT2D eigenvalue weighted by Crippen LogP contribution is -2.28. The molecule has 0 aromatic heterocycles. The van der Waals surface area contributed by atoms with E-state index in [4.69, 9.17) is 0 Å². The van der Waals surface area contributed by atoms with E-state index < -0.39 is 0 Å². The van der Waals surface area contributed by atoms with Crippen molar-refractivity contribution in [3.8, 4) is 0 Å². The van der Waals surface area contributed by atoms with E-state index in [0.29, 0.717) is 10.9 Å². The van der Waals surface area contributed by atoms with Gasteiger partial charge >= 0.3 is 0 Å². The largest absolute Gasteiger partial charge is 0.314 e. The Morgan fingerprint density at radius 2 is 2.00 bits per heavy atom. The molecule has 62 valence electrons. The van der Waals surface area contributed by atoms with E-state index in [1.807, 2.05) is 0 Å². The van der Waals surface area contributed by atoms with E-state index in [9.17, 15) is 0 Å². The minimum Gasteiger partial charge on any atom is -0.314 e. The minimum absolute atomic E-state index is 0.631. The van der Waals surface area contributed by atoms with Crippen LogP contribution in [0.3, 0.4) is 0 Å². The lowest BCUT2D eigenvalue weighted by atomic mass is 10.2. The third-order valence-electron chi connectivity index (χ3n) is 1.42. The summed E-state index contributed by atoms with van der Waals surface area (Å²) in [4.78, 5) is 0.631. The van der Waals surface area contributed by atoms with Crippen LogP contribution in [0.1, 0.15) is 33.6 Å². The predicted octanol–water partition coefficient (Wildman–Crippen LogP) is 2.55. The van der Waals surface area contributed by atoms with Crippen molar-refractivity contribution in [2.45, 2.75) is 44.5 Å². The van der Waals surface area contributed by atoms with Gasteiger partial charge in [0.25, 0.3) is 0 Å². The molecule has 2 atom stereocenters. The summed E-state index contributed by atoms with van der Waals surface area (Å²) in [7, 11) is 0. The number of alkyl halides is 1. The summed E-state index contributed by atoms with van der Waals surface area (Å²) in [5, 5.41) is 3.43. The first kappa shape index (κ1) is 10.4. The zero-order chi connectivity index (χ0) is 7.98. The summed E-state index contributed by atoms with van der Waals surface area (Å²) >= 11 is 3.53. The van der Waals surface area contributed by atoms with E-state index in [0.717, 1.165) is 6.54 Å². The van der Waals surface area contributed by atoms with Crippen molar-refractivity contribution in [1.82, 2.24) is 5.32 Å². The highest BCUT2D eigenvalue weighted by molar-refractivity contribution is 9.09. The third-order valence-corrected chi connectivity index (χ3v) is 1.79. The standard InChI is InChI=1S/C8H18BrN/c1-4-5-10-8(3)6-7(2)9/h7-8,10H,4-6H2,1-3H3. The van der Waals surface area contributed by atoms with Gasteiger partial charge in [0.15, 0.2) is 0 Å². The van der Waals surface area contributed by atoms with Crippen LogP contribution in [0.25, 0.3) is 0 Å². The van der Waals surface area contributed by atoms with Crippen molar-refractivity contribution in [3.05, 3.63) is 0 Å². The van der Waals surface area contributed by atoms with E-state index in [1.165, 1.54) is 12.8 Å². The van der Waals surface area contributed by atoms with Crippen LogP contribution in [0.15, 0.2) is 0 Å². The van der Waals surface area contributed by atoms with E-state index in [2.05, 4.69) is 42.0 Å². The van der Waals surface area contributed by atoms with Crippen LogP contribution < -0.4 is 5.32 Å². The lowest BCUT2D eigenvalue weighted by molar-refractivity contribution is 0.515. The van der Waals surface area contributed by atoms with Gasteiger partial charge in [-0.3, -0.25) is 0 Å². The molecule has 0 aliphatic heterocycles. The van der Waals surface area contributed by atoms with Crippen LogP contribution in [0, 0.1) is 0 Å². The molecule has 0 heterocycles. The topological polar surface area (TPSA) is 12.0 Å². The van der Waals surface area contributed by atoms with Crippen molar-refractivity contribution >= 4 is 15.9 Å². The molecule has 0 bridgehead atoms. The summed E-state index contributed by atoms with van der Waals surface area (Å²) < 4.78 is 0. The molecular weight excluding hydrogens is 190 g/mol. The van der Waals surface area contributed by atoms with Gasteiger partial charge in [0.2, 0.25) is 0 Å². The van der Waals surface area contributed by atoms with Gasteiger partial charge < -0.3 is 5.32 Å². The van der Waals surface area contributed by atoms with Gasteiger partial charge in [0.05, 0.1) is 0 Å². The smallest absolute Gasteiger partial charge is 0.0132 e. The molecule has 0 aromatic carbocycles. The molecule has 0 spiro atoms. The van der Waals surface area contributed by atoms with Crippen molar-refractivity contribution in [2.24, 2.45) is 0 Å². The first-order valence-electron chi connectivity index (χ1n) is 4.04. The molecule has 0 saturated heterocycles. The molecule has 10 heavy (non-hydrogen) atoms. The fourth-order valence-electron chi connectivity index (χ4n) is 0.961. The Kier molecular flexibility index (Phi) is 6.44. The van der Waals surface area contributed by atoms with Crippen LogP contribution in [0.2, 0.25) is 0 Å². The molecule has 0 aliphatic rings. The molecule has 1 N–H and O–H groups in total. The van der Waals surface area contributed by atoms with Gasteiger partial charge in [-0.1, -0.05) is 29.8 Å². The zero-order valence-electron chi connectivity index (χ0n) is 7.15. The number of hydrogen-bond acceptors (Lipinski definition) is 1. The quantitative estimate of drug-likeness (QED) is 0.684. The lowest BCUT2D eigenvalue weighted by Gasteiger charge is -2.13. The summed E-state index contributed by atoms with van der Waals surface area (Å²) in [5.74, 6) is 0. The van der Waals surface area contributed by atoms with Gasteiger partial charge in [-0.25, -0.2) is 0 Å². The Hall–Kier alpha value is 0.440. The number of nitrogens with one attached hydrogen (secondary N) is 1. The van der Waals surface area contributed by atoms with E-state index >= 15 is 0 Å². The number of halogens is 1. The fraction of sp³-hybridized carbons (Fsp3) is 1.00. The molecule has 1 nitrogen and oxygen atoms in total. The molecule has 2 unspecified atom stereocenters. The monoisotopic (exact) mass is 207 g/mol. The minimum atomic E-state index is 0.631. The molecule has 0 amide bonds. The molecule has 0 radical (unpaired) electrons. The normalized spacial score (nSPS) is 16.8. The molecule has 0 fully saturated rings. The fourth-order valence-corrected chi connectivity index (χ4v) is 1.52. The summed E-state index contributed by atoms with van der Waals surface area (Å²) in [6.07, 6.45) is 2.43. The summed E-state index contributed by atoms with van der Waals surface area (Å²) in [5.41, 5.74) is 0. The van der Waals surface area contributed by atoms with Gasteiger partial charge in [-0.2, -0.15) is 0 Å². The van der Waals surface area contributed by atoms with Crippen molar-refractivity contribution in [2.75, 3.05) is 6.54 Å². The van der Waals surface area contributed by atoms with Crippen molar-refractivity contribution in [3.63, 3.8) is 0 Å². The van der Waals surface area contributed by atoms with E-state index in [-0.39, 0.29) is 0 Å². The highest BCUT2D eigenvalue weighted by atomic mass is 79.9. The zero-order valence-corrected chi connectivity index (χ0v) is 8.74. The molecule has 2 heteroatoms. The third kappa shape index (κ3) is 6.56. The van der Waals surface area contributed by atoms with Gasteiger partial charge in [-0.05, 0) is 26.3 Å². The average Bonchev–Trinajstić information content (AvgIpc) is 1.82. The van der Waals surface area contributed by atoms with Gasteiger partial charge in [0, 0.05) is 10.9 Å². The Morgan fingerprint density at radius 1 is 1.40 bits per heavy atom. The Bertz CT molecular complexity index is 73.7. The maximum absolute atomic E-state index is 3.53. The maximum atomic E-state index is 3.53. The molecular formula is C8H18BrN. The predicted molar refractivity (Wildman–Crippen MR) is 50.8 cm³/mol. The number of hydrogen-bond donors (Lipinski definition) is 1. The van der Waals surface area contributed by atoms with E-state index in [1.54, 1.807) is 0 Å². The number of rotatable bonds is 5. The van der Waals surface area contributed by atoms with Crippen molar-refractivity contribution < 1.29 is 0 Å². The Morgan fingerprint density at radius 3 is 2.40 bits per heavy atom. The highest BCUT2D eigenvalue weighted by Crippen LogP contribution is 2.05. The van der Waals surface area contributed by atoms with Crippen LogP contribution in [0.4, 0.5) is 0 Å². The second-order valence-electron chi connectivity index (χ2n) is 2.87. The van der Waals surface area contributed by atoms with Crippen molar-refractivity contribution in [1.29, 1.82) is 0 Å². The first-order valence-corrected chi connectivity index (χ1v) is 4.95. The van der Waals surface area contributed by atoms with Crippen LogP contribution in [-0.2, 0) is 0 Å². The second-order valence-corrected chi connectivity index (χ2v) is 4.43. The Balaban J connectivity index is 3.16. The maximum Gasteiger partial charge on any atom is 0.0132 e. The average molecular weight is 208 g/mol. The van der Waals surface area contributed by atoms with Gasteiger partial charge in [0.1, 0.15) is 0 Å². The van der Waals surface area contributed by atoms with Crippen LogP contribution in [-0.4, -0.2) is 17.4 Å². The molecule has 0 aliphatic carbocycles. The molecule has 0 aromatic rings. The SMILES string of the molecule is CCCNC(C)CC(C)Br. The Labute approximate surface area is 72.7 Å². The summed E-state index contributed by atoms with van der Waals surface area (Å²) in [6, 6.07) is 0.648. The highest BCUT2D eigenvalue weighted by Gasteiger charge is 2.03. The van der Waals surface area contributed by atoms with Crippen LogP contribution >= 0.6 is 15.9 Å². The summed E-state index contributed by atoms with van der Waals surface area (Å²) in [6.45, 7) is 7.75. The van der Waals surface area contributed by atoms with Crippen LogP contribution in [0.5, 0.6) is 0 Å². The molecule has 0 saturated carbocycles. The first-order chi connectivity index (χ1) is 4.66. The van der Waals surface area contributed by atoms with Gasteiger partial charge in [-0.15, -0.1) is 0 Å².